The molecule has 2 saturated heterocycles. The number of nitrogens with zero attached hydrogens (tertiary/aromatic N) is 3. The first-order valence-corrected chi connectivity index (χ1v) is 13.0. The Morgan fingerprint density at radius 1 is 0.727 bits per heavy atom. The molecule has 7 heteroatoms. The van der Waals surface area contributed by atoms with Crippen LogP contribution in [0.2, 0.25) is 0 Å². The molecule has 0 bridgehead atoms. The molecule has 33 heavy (non-hydrogen) atoms. The van der Waals surface area contributed by atoms with Crippen molar-refractivity contribution >= 4 is 32.4 Å². The summed E-state index contributed by atoms with van der Waals surface area (Å²) in [6, 6.07) is 23.3. The van der Waals surface area contributed by atoms with Crippen molar-refractivity contribution in [3.63, 3.8) is 0 Å². The molecule has 2 aliphatic rings. The van der Waals surface area contributed by atoms with Gasteiger partial charge in [-0.1, -0.05) is 48.5 Å². The molecule has 2 aliphatic heterocycles. The van der Waals surface area contributed by atoms with Crippen LogP contribution in [0.3, 0.4) is 0 Å². The maximum absolute atomic E-state index is 13.2. The minimum Gasteiger partial charge on any atom is -0.368 e. The van der Waals surface area contributed by atoms with Crippen LogP contribution in [0.25, 0.3) is 10.8 Å². The number of carbonyl (C=O) groups excluding carboxylic acids is 1. The predicted octanol–water partition coefficient (Wildman–Crippen LogP) is 3.59. The number of piperazine rings is 1. The summed E-state index contributed by atoms with van der Waals surface area (Å²) >= 11 is 0. The molecule has 0 atom stereocenters. The molecule has 1 amide bonds. The summed E-state index contributed by atoms with van der Waals surface area (Å²) in [6.07, 6.45) is 1.15. The Balaban J connectivity index is 1.18. The second-order valence-corrected chi connectivity index (χ2v) is 10.8. The fourth-order valence-electron chi connectivity index (χ4n) is 4.90. The molecule has 6 nitrogen and oxygen atoms in total. The predicted molar refractivity (Wildman–Crippen MR) is 131 cm³/mol. The third-order valence-electron chi connectivity index (χ3n) is 6.87. The van der Waals surface area contributed by atoms with Crippen LogP contribution in [0, 0.1) is 5.92 Å². The van der Waals surface area contributed by atoms with Crippen LogP contribution in [0.1, 0.15) is 12.8 Å². The van der Waals surface area contributed by atoms with Gasteiger partial charge in [0.2, 0.25) is 15.9 Å². The van der Waals surface area contributed by atoms with Gasteiger partial charge in [0.05, 0.1) is 4.90 Å². The molecule has 0 saturated carbocycles. The zero-order chi connectivity index (χ0) is 22.8. The van der Waals surface area contributed by atoms with Gasteiger partial charge < -0.3 is 9.80 Å². The van der Waals surface area contributed by atoms with Gasteiger partial charge in [-0.3, -0.25) is 4.79 Å². The molecule has 3 aromatic rings. The summed E-state index contributed by atoms with van der Waals surface area (Å²) in [5.74, 6) is 0.0711. The van der Waals surface area contributed by atoms with Crippen LogP contribution >= 0.6 is 0 Å². The highest BCUT2D eigenvalue weighted by molar-refractivity contribution is 7.89. The highest BCUT2D eigenvalue weighted by Crippen LogP contribution is 2.27. The number of benzene rings is 3. The van der Waals surface area contributed by atoms with Gasteiger partial charge in [-0.05, 0) is 47.9 Å². The average Bonchev–Trinajstić information content (AvgIpc) is 2.88. The van der Waals surface area contributed by atoms with Crippen LogP contribution in [-0.2, 0) is 14.8 Å². The normalized spacial score (nSPS) is 18.5. The molecular formula is C26H29N3O3S. The zero-order valence-corrected chi connectivity index (χ0v) is 19.5. The van der Waals surface area contributed by atoms with E-state index >= 15 is 0 Å². The van der Waals surface area contributed by atoms with Crippen LogP contribution in [-0.4, -0.2) is 62.8 Å². The highest BCUT2D eigenvalue weighted by Gasteiger charge is 2.34. The van der Waals surface area contributed by atoms with Crippen molar-refractivity contribution in [1.29, 1.82) is 0 Å². The van der Waals surface area contributed by atoms with Crippen molar-refractivity contribution in [2.24, 2.45) is 5.92 Å². The Bertz CT molecular complexity index is 1230. The van der Waals surface area contributed by atoms with Crippen molar-refractivity contribution in [3.05, 3.63) is 72.8 Å². The van der Waals surface area contributed by atoms with E-state index in [1.807, 2.05) is 53.4 Å². The average molecular weight is 464 g/mol. The van der Waals surface area contributed by atoms with E-state index < -0.39 is 10.0 Å². The number of hydrogen-bond acceptors (Lipinski definition) is 4. The van der Waals surface area contributed by atoms with E-state index in [4.69, 9.17) is 0 Å². The first kappa shape index (κ1) is 21.9. The molecule has 0 N–H and O–H groups in total. The minimum absolute atomic E-state index is 0.101. The molecule has 5 rings (SSSR count). The van der Waals surface area contributed by atoms with E-state index in [-0.39, 0.29) is 11.8 Å². The largest absolute Gasteiger partial charge is 0.368 e. The van der Waals surface area contributed by atoms with Gasteiger partial charge in [0.25, 0.3) is 0 Å². The first-order chi connectivity index (χ1) is 16.0. The SMILES string of the molecule is O=C(C1CCN(S(=O)(=O)c2ccc3ccccc3c2)CC1)N1CCN(c2ccccc2)CC1. The maximum Gasteiger partial charge on any atom is 0.243 e. The third kappa shape index (κ3) is 4.48. The standard InChI is InChI=1S/C26H29N3O3S/c30-26(28-18-16-27(17-19-28)24-8-2-1-3-9-24)22-12-14-29(15-13-22)33(31,32)25-11-10-21-6-4-5-7-23(21)20-25/h1-11,20,22H,12-19H2. The van der Waals surface area contributed by atoms with Crippen molar-refractivity contribution in [1.82, 2.24) is 9.21 Å². The lowest BCUT2D eigenvalue weighted by molar-refractivity contribution is -0.137. The van der Waals surface area contributed by atoms with Crippen LogP contribution in [0.5, 0.6) is 0 Å². The first-order valence-electron chi connectivity index (χ1n) is 11.6. The maximum atomic E-state index is 13.2. The van der Waals surface area contributed by atoms with Gasteiger partial charge in [0, 0.05) is 50.9 Å². The van der Waals surface area contributed by atoms with Crippen molar-refractivity contribution < 1.29 is 13.2 Å². The lowest BCUT2D eigenvalue weighted by atomic mass is 9.96. The summed E-state index contributed by atoms with van der Waals surface area (Å²) in [5, 5.41) is 1.94. The van der Waals surface area contributed by atoms with E-state index in [1.54, 1.807) is 12.1 Å². The lowest BCUT2D eigenvalue weighted by Crippen LogP contribution is -2.52. The Morgan fingerprint density at radius 3 is 2.06 bits per heavy atom. The lowest BCUT2D eigenvalue weighted by Gasteiger charge is -2.39. The zero-order valence-electron chi connectivity index (χ0n) is 18.6. The van der Waals surface area contributed by atoms with Gasteiger partial charge in [0.15, 0.2) is 0 Å². The third-order valence-corrected chi connectivity index (χ3v) is 8.77. The molecule has 3 aromatic carbocycles. The number of rotatable bonds is 4. The molecule has 0 aliphatic carbocycles. The number of hydrogen-bond donors (Lipinski definition) is 0. The summed E-state index contributed by atoms with van der Waals surface area (Å²) < 4.78 is 27.9. The molecule has 0 radical (unpaired) electrons. The molecule has 2 fully saturated rings. The van der Waals surface area contributed by atoms with E-state index in [9.17, 15) is 13.2 Å². The van der Waals surface area contributed by atoms with Crippen molar-refractivity contribution in [3.8, 4) is 0 Å². The van der Waals surface area contributed by atoms with Gasteiger partial charge in [-0.15, -0.1) is 0 Å². The van der Waals surface area contributed by atoms with E-state index in [2.05, 4.69) is 17.0 Å². The Kier molecular flexibility index (Phi) is 6.08. The highest BCUT2D eigenvalue weighted by atomic mass is 32.2. The number of piperidine rings is 1. The van der Waals surface area contributed by atoms with Gasteiger partial charge in [0.1, 0.15) is 0 Å². The molecule has 0 aromatic heterocycles. The smallest absolute Gasteiger partial charge is 0.243 e. The fourth-order valence-corrected chi connectivity index (χ4v) is 6.41. The Morgan fingerprint density at radius 2 is 1.36 bits per heavy atom. The summed E-state index contributed by atoms with van der Waals surface area (Å²) in [4.78, 5) is 17.7. The van der Waals surface area contributed by atoms with Crippen molar-refractivity contribution in [2.75, 3.05) is 44.2 Å². The quantitative estimate of drug-likeness (QED) is 0.593. The number of para-hydroxylation sites is 1. The van der Waals surface area contributed by atoms with Gasteiger partial charge in [-0.25, -0.2) is 8.42 Å². The molecule has 2 heterocycles. The van der Waals surface area contributed by atoms with Crippen LogP contribution in [0.15, 0.2) is 77.7 Å². The summed E-state index contributed by atoms with van der Waals surface area (Å²) in [6.45, 7) is 3.84. The van der Waals surface area contributed by atoms with E-state index in [0.717, 1.165) is 23.9 Å². The molecule has 0 spiro atoms. The monoisotopic (exact) mass is 463 g/mol. The van der Waals surface area contributed by atoms with Crippen LogP contribution < -0.4 is 4.90 Å². The van der Waals surface area contributed by atoms with Crippen molar-refractivity contribution in [2.45, 2.75) is 17.7 Å². The summed E-state index contributed by atoms with van der Waals surface area (Å²) in [7, 11) is -3.56. The Labute approximate surface area is 195 Å². The topological polar surface area (TPSA) is 60.9 Å². The second kappa shape index (κ2) is 9.15. The summed E-state index contributed by atoms with van der Waals surface area (Å²) in [5.41, 5.74) is 1.19. The van der Waals surface area contributed by atoms with Crippen LogP contribution in [0.4, 0.5) is 5.69 Å². The number of carbonyl (C=O) groups is 1. The number of fused-ring (bicyclic) bond motifs is 1. The van der Waals surface area contributed by atoms with Gasteiger partial charge in [-0.2, -0.15) is 4.31 Å². The van der Waals surface area contributed by atoms with E-state index in [0.29, 0.717) is 43.9 Å². The molecular weight excluding hydrogens is 434 g/mol. The number of amides is 1. The van der Waals surface area contributed by atoms with E-state index in [1.165, 1.54) is 9.99 Å². The number of anilines is 1. The molecule has 0 unspecified atom stereocenters. The second-order valence-electron chi connectivity index (χ2n) is 8.84. The Hall–Kier alpha value is -2.90. The fraction of sp³-hybridized carbons (Fsp3) is 0.346. The number of sulfonamides is 1. The minimum atomic E-state index is -3.56. The van der Waals surface area contributed by atoms with Gasteiger partial charge >= 0.3 is 0 Å². The molecule has 172 valence electrons.